The summed E-state index contributed by atoms with van der Waals surface area (Å²) in [5, 5.41) is 0.660. The summed E-state index contributed by atoms with van der Waals surface area (Å²) in [7, 11) is 0. The number of rotatable bonds is 5. The van der Waals surface area contributed by atoms with Crippen LogP contribution in [0.1, 0.15) is 13.8 Å². The number of ether oxygens (including phenoxy) is 1. The quantitative estimate of drug-likeness (QED) is 0.329. The van der Waals surface area contributed by atoms with Crippen molar-refractivity contribution in [2.75, 3.05) is 24.7 Å². The molecule has 0 radical (unpaired) electrons. The Morgan fingerprint density at radius 2 is 1.69 bits per heavy atom. The first-order valence-electron chi connectivity index (χ1n) is 8.06. The zero-order valence-electron chi connectivity index (χ0n) is 14.3. The van der Waals surface area contributed by atoms with Crippen LogP contribution in [-0.2, 0) is 19.1 Å². The maximum absolute atomic E-state index is 13.0. The Hall–Kier alpha value is -2.39. The highest BCUT2D eigenvalue weighted by Crippen LogP contribution is 2.47. The van der Waals surface area contributed by atoms with Crippen LogP contribution in [0.4, 0.5) is 5.69 Å². The maximum Gasteiger partial charge on any atom is 0.294 e. The fraction of sp³-hybridized carbons (Fsp3) is 0.294. The van der Waals surface area contributed by atoms with Gasteiger partial charge in [-0.3, -0.25) is 29.1 Å². The molecular formula is C17H17N3O4S2. The molecule has 2 aliphatic heterocycles. The van der Waals surface area contributed by atoms with Gasteiger partial charge in [0, 0.05) is 18.0 Å². The molecule has 0 atom stereocenters. The Kier molecular flexibility index (Phi) is 5.28. The summed E-state index contributed by atoms with van der Waals surface area (Å²) in [4.78, 5) is 42.0. The number of thioether (sulfide) groups is 1. The largest absolute Gasteiger partial charge is 0.446 e. The number of likely N-dealkylation sites (N-methyl/N-ethyl adjacent to an activating group) is 2. The van der Waals surface area contributed by atoms with E-state index in [2.05, 4.69) is 0 Å². The van der Waals surface area contributed by atoms with E-state index in [1.165, 1.54) is 21.6 Å². The van der Waals surface area contributed by atoms with E-state index >= 15 is 0 Å². The molecule has 2 amide bonds. The van der Waals surface area contributed by atoms with Gasteiger partial charge < -0.3 is 4.74 Å². The van der Waals surface area contributed by atoms with E-state index in [4.69, 9.17) is 17.0 Å². The predicted octanol–water partition coefficient (Wildman–Crippen LogP) is 1.94. The van der Waals surface area contributed by atoms with Gasteiger partial charge in [-0.15, -0.1) is 0 Å². The van der Waals surface area contributed by atoms with Gasteiger partial charge in [0.15, 0.2) is 11.8 Å². The Bertz CT molecular complexity index is 796. The van der Waals surface area contributed by atoms with E-state index < -0.39 is 11.8 Å². The van der Waals surface area contributed by atoms with Gasteiger partial charge in [0.2, 0.25) is 0 Å². The predicted molar refractivity (Wildman–Crippen MR) is 101 cm³/mol. The number of anilines is 1. The molecule has 26 heavy (non-hydrogen) atoms. The van der Waals surface area contributed by atoms with Crippen molar-refractivity contribution in [2.24, 2.45) is 0 Å². The van der Waals surface area contributed by atoms with E-state index in [-0.39, 0.29) is 17.4 Å². The first kappa shape index (κ1) is 18.4. The summed E-state index contributed by atoms with van der Waals surface area (Å²) in [5.41, 5.74) is 0.819. The molecule has 0 N–H and O–H groups in total. The number of hydrogen-bond donors (Lipinski definition) is 0. The van der Waals surface area contributed by atoms with Crippen LogP contribution >= 0.6 is 24.0 Å². The fourth-order valence-corrected chi connectivity index (χ4v) is 4.48. The zero-order valence-corrected chi connectivity index (χ0v) is 15.9. The Balaban J connectivity index is 2.14. The molecule has 0 aromatic heterocycles. The molecule has 0 spiro atoms. The number of nitrogens with zero attached hydrogens (tertiary/aromatic N) is 3. The van der Waals surface area contributed by atoms with Crippen LogP contribution in [0.2, 0.25) is 0 Å². The van der Waals surface area contributed by atoms with Crippen molar-refractivity contribution in [3.8, 4) is 0 Å². The smallest absolute Gasteiger partial charge is 0.294 e. The van der Waals surface area contributed by atoms with Crippen molar-refractivity contribution >= 4 is 53.1 Å². The van der Waals surface area contributed by atoms with Crippen molar-refractivity contribution in [2.45, 2.75) is 18.7 Å². The van der Waals surface area contributed by atoms with E-state index in [9.17, 15) is 14.4 Å². The molecule has 2 aliphatic rings. The van der Waals surface area contributed by atoms with Crippen LogP contribution in [0.5, 0.6) is 0 Å². The summed E-state index contributed by atoms with van der Waals surface area (Å²) in [6.07, 6.45) is 0. The van der Waals surface area contributed by atoms with Gasteiger partial charge in [-0.1, -0.05) is 23.9 Å². The van der Waals surface area contributed by atoms with Crippen LogP contribution < -0.4 is 4.90 Å². The van der Waals surface area contributed by atoms with Crippen LogP contribution in [-0.4, -0.2) is 53.0 Å². The molecule has 1 aromatic carbocycles. The summed E-state index contributed by atoms with van der Waals surface area (Å²) in [6, 6.07) is 7.45. The second kappa shape index (κ2) is 7.46. The number of amides is 2. The minimum Gasteiger partial charge on any atom is -0.446 e. The third-order valence-corrected chi connectivity index (χ3v) is 5.73. The lowest BCUT2D eigenvalue weighted by molar-refractivity contribution is -0.133. The van der Waals surface area contributed by atoms with E-state index in [0.29, 0.717) is 24.6 Å². The van der Waals surface area contributed by atoms with Crippen molar-refractivity contribution in [3.05, 3.63) is 34.9 Å². The van der Waals surface area contributed by atoms with Gasteiger partial charge in [0.25, 0.3) is 18.3 Å². The average Bonchev–Trinajstić information content (AvgIpc) is 2.99. The topological polar surface area (TPSA) is 70.2 Å². The fourth-order valence-electron chi connectivity index (χ4n) is 2.88. The average molecular weight is 391 g/mol. The van der Waals surface area contributed by atoms with Crippen LogP contribution in [0.15, 0.2) is 39.8 Å². The normalized spacial score (nSPS) is 17.2. The zero-order chi connectivity index (χ0) is 18.8. The number of fused-ring (bicyclic) bond motifs is 1. The lowest BCUT2D eigenvalue weighted by Crippen LogP contribution is -2.56. The number of carbonyl (C=O) groups excluding carboxylic acids is 3. The minimum atomic E-state index is -0.432. The van der Waals surface area contributed by atoms with Crippen molar-refractivity contribution in [1.82, 2.24) is 9.80 Å². The van der Waals surface area contributed by atoms with Crippen molar-refractivity contribution < 1.29 is 19.1 Å². The highest BCUT2D eigenvalue weighted by molar-refractivity contribution is 8.03. The van der Waals surface area contributed by atoms with Crippen LogP contribution in [0.3, 0.4) is 0 Å². The number of para-hydroxylation sites is 1. The monoisotopic (exact) mass is 391 g/mol. The molecule has 2 heterocycles. The van der Waals surface area contributed by atoms with Gasteiger partial charge >= 0.3 is 0 Å². The van der Waals surface area contributed by atoms with Gasteiger partial charge in [-0.05, 0) is 38.2 Å². The molecule has 1 fully saturated rings. The van der Waals surface area contributed by atoms with Crippen molar-refractivity contribution in [3.63, 3.8) is 0 Å². The highest BCUT2D eigenvalue weighted by Gasteiger charge is 2.43. The second-order valence-electron chi connectivity index (χ2n) is 5.45. The first-order valence-corrected chi connectivity index (χ1v) is 9.29. The standard InChI is InChI=1S/C17H17N3O4S2/c1-3-18-14(22)13(15(23)19(4-2)17(18)25)16-20(9-24-10-21)11-7-5-6-8-12(11)26-16/h5-8,10H,3-4,9H2,1-2H3. The minimum absolute atomic E-state index is 0.0398. The molecule has 9 heteroatoms. The highest BCUT2D eigenvalue weighted by atomic mass is 32.2. The van der Waals surface area contributed by atoms with E-state index in [1.807, 2.05) is 24.3 Å². The number of carbonyl (C=O) groups is 3. The number of thiocarbonyl (C=S) groups is 1. The number of benzene rings is 1. The molecule has 0 aliphatic carbocycles. The Morgan fingerprint density at radius 1 is 1.08 bits per heavy atom. The molecule has 7 nitrogen and oxygen atoms in total. The summed E-state index contributed by atoms with van der Waals surface area (Å²) in [5.74, 6) is -0.864. The summed E-state index contributed by atoms with van der Waals surface area (Å²) < 4.78 is 4.92. The third kappa shape index (κ3) is 2.86. The molecule has 0 saturated carbocycles. The van der Waals surface area contributed by atoms with Crippen molar-refractivity contribution in [1.29, 1.82) is 0 Å². The molecule has 136 valence electrons. The molecule has 0 unspecified atom stereocenters. The molecule has 3 rings (SSSR count). The van der Waals surface area contributed by atoms with Gasteiger partial charge in [-0.25, -0.2) is 0 Å². The van der Waals surface area contributed by atoms with E-state index in [1.54, 1.807) is 18.7 Å². The summed E-state index contributed by atoms with van der Waals surface area (Å²) in [6.45, 7) is 4.58. The van der Waals surface area contributed by atoms with Crippen LogP contribution in [0.25, 0.3) is 0 Å². The summed E-state index contributed by atoms with van der Waals surface area (Å²) >= 11 is 6.60. The first-order chi connectivity index (χ1) is 12.5. The second-order valence-corrected chi connectivity index (χ2v) is 6.85. The number of hydrogen-bond acceptors (Lipinski definition) is 7. The lowest BCUT2D eigenvalue weighted by Gasteiger charge is -2.36. The van der Waals surface area contributed by atoms with Gasteiger partial charge in [-0.2, -0.15) is 0 Å². The van der Waals surface area contributed by atoms with Gasteiger partial charge in [0.1, 0.15) is 10.6 Å². The SMILES string of the molecule is CCN1C(=O)C(=C2Sc3ccccc3N2COC=O)C(=O)N(CC)C1=S. The Labute approximate surface area is 160 Å². The van der Waals surface area contributed by atoms with Crippen LogP contribution in [0, 0.1) is 0 Å². The van der Waals surface area contributed by atoms with E-state index in [0.717, 1.165) is 10.6 Å². The molecular weight excluding hydrogens is 374 g/mol. The third-order valence-electron chi connectivity index (χ3n) is 4.11. The molecule has 0 bridgehead atoms. The molecule has 1 saturated heterocycles. The Morgan fingerprint density at radius 3 is 2.27 bits per heavy atom. The maximum atomic E-state index is 13.0. The van der Waals surface area contributed by atoms with Gasteiger partial charge in [0.05, 0.1) is 5.69 Å². The molecule has 1 aromatic rings. The lowest BCUT2D eigenvalue weighted by atomic mass is 10.1.